The molecule has 2 fully saturated rings. The summed E-state index contributed by atoms with van der Waals surface area (Å²) >= 11 is 0. The first kappa shape index (κ1) is 18.3. The van der Waals surface area contributed by atoms with Crippen molar-refractivity contribution in [2.45, 2.75) is 43.9 Å². The number of benzene rings is 1. The van der Waals surface area contributed by atoms with Crippen LogP contribution in [0.1, 0.15) is 44.1 Å². The smallest absolute Gasteiger partial charge is 0.330 e. The van der Waals surface area contributed by atoms with E-state index in [1.807, 2.05) is 18.2 Å². The van der Waals surface area contributed by atoms with Gasteiger partial charge in [-0.05, 0) is 62.1 Å². The lowest BCUT2D eigenvalue weighted by Gasteiger charge is -2.32. The van der Waals surface area contributed by atoms with Crippen molar-refractivity contribution in [1.29, 1.82) is 5.26 Å². The minimum absolute atomic E-state index is 0.329. The standard InChI is InChI=1S/C21H25NO4/c1-24-18-6-5-17(12-19(18)26-13-16-3-4-16)21(14-22)9-7-15(8-10-21)11-20(23)25-2/h5-6,11-12,16H,3-4,7-10,13H2,1-2H3. The van der Waals surface area contributed by atoms with Crippen molar-refractivity contribution in [1.82, 2.24) is 0 Å². The van der Waals surface area contributed by atoms with Gasteiger partial charge in [0.15, 0.2) is 11.5 Å². The maximum absolute atomic E-state index is 11.4. The molecule has 3 rings (SSSR count). The van der Waals surface area contributed by atoms with Gasteiger partial charge >= 0.3 is 5.97 Å². The number of esters is 1. The third-order valence-corrected chi connectivity index (χ3v) is 5.37. The summed E-state index contributed by atoms with van der Waals surface area (Å²) < 4.78 is 16.1. The molecule has 0 bridgehead atoms. The fourth-order valence-electron chi connectivity index (χ4n) is 3.41. The van der Waals surface area contributed by atoms with Crippen LogP contribution in [0.4, 0.5) is 0 Å². The zero-order valence-corrected chi connectivity index (χ0v) is 15.4. The first-order valence-electron chi connectivity index (χ1n) is 9.10. The molecule has 138 valence electrons. The molecular formula is C21H25NO4. The van der Waals surface area contributed by atoms with E-state index in [0.29, 0.717) is 49.7 Å². The van der Waals surface area contributed by atoms with Crippen molar-refractivity contribution in [3.63, 3.8) is 0 Å². The molecule has 0 aromatic heterocycles. The minimum atomic E-state index is -0.558. The van der Waals surface area contributed by atoms with Crippen LogP contribution in [0.2, 0.25) is 0 Å². The zero-order chi connectivity index (χ0) is 18.6. The quantitative estimate of drug-likeness (QED) is 0.571. The molecule has 0 heterocycles. The Morgan fingerprint density at radius 3 is 2.58 bits per heavy atom. The van der Waals surface area contributed by atoms with Crippen molar-refractivity contribution in [2.75, 3.05) is 20.8 Å². The highest BCUT2D eigenvalue weighted by Gasteiger charge is 2.36. The van der Waals surface area contributed by atoms with Crippen LogP contribution in [0, 0.1) is 17.2 Å². The van der Waals surface area contributed by atoms with Crippen LogP contribution in [-0.4, -0.2) is 26.8 Å². The molecule has 0 aliphatic heterocycles. The lowest BCUT2D eigenvalue weighted by atomic mass is 9.69. The van der Waals surface area contributed by atoms with Crippen LogP contribution < -0.4 is 9.47 Å². The molecule has 2 saturated carbocycles. The van der Waals surface area contributed by atoms with Gasteiger partial charge in [-0.25, -0.2) is 4.79 Å². The number of rotatable bonds is 6. The summed E-state index contributed by atoms with van der Waals surface area (Å²) in [5.41, 5.74) is 1.45. The topological polar surface area (TPSA) is 68.6 Å². The summed E-state index contributed by atoms with van der Waals surface area (Å²) in [4.78, 5) is 11.4. The molecule has 0 saturated heterocycles. The van der Waals surface area contributed by atoms with Gasteiger partial charge in [0.1, 0.15) is 0 Å². The molecule has 2 aliphatic carbocycles. The number of allylic oxidation sites excluding steroid dienone is 1. The van der Waals surface area contributed by atoms with E-state index in [9.17, 15) is 10.1 Å². The molecule has 1 aromatic rings. The Morgan fingerprint density at radius 2 is 2.00 bits per heavy atom. The highest BCUT2D eigenvalue weighted by Crippen LogP contribution is 2.43. The normalized spacial score (nSPS) is 22.3. The average molecular weight is 355 g/mol. The van der Waals surface area contributed by atoms with E-state index >= 15 is 0 Å². The van der Waals surface area contributed by atoms with Crippen molar-refractivity contribution in [3.05, 3.63) is 35.4 Å². The molecule has 2 aliphatic rings. The number of nitriles is 1. The second kappa shape index (κ2) is 7.82. The Labute approximate surface area is 154 Å². The lowest BCUT2D eigenvalue weighted by molar-refractivity contribution is -0.134. The number of carbonyl (C=O) groups is 1. The van der Waals surface area contributed by atoms with Crippen molar-refractivity contribution in [3.8, 4) is 17.6 Å². The second-order valence-electron chi connectivity index (χ2n) is 7.14. The van der Waals surface area contributed by atoms with Crippen LogP contribution >= 0.6 is 0 Å². The van der Waals surface area contributed by atoms with Crippen molar-refractivity contribution >= 4 is 5.97 Å². The maximum atomic E-state index is 11.4. The van der Waals surface area contributed by atoms with E-state index in [1.54, 1.807) is 13.2 Å². The second-order valence-corrected chi connectivity index (χ2v) is 7.14. The van der Waals surface area contributed by atoms with E-state index in [4.69, 9.17) is 14.2 Å². The summed E-state index contributed by atoms with van der Waals surface area (Å²) in [6.07, 6.45) is 6.79. The Bertz CT molecular complexity index is 733. The van der Waals surface area contributed by atoms with E-state index in [-0.39, 0.29) is 5.97 Å². The predicted octanol–water partition coefficient (Wildman–Crippen LogP) is 3.92. The third-order valence-electron chi connectivity index (χ3n) is 5.37. The number of hydrogen-bond donors (Lipinski definition) is 0. The number of ether oxygens (including phenoxy) is 3. The molecule has 0 radical (unpaired) electrons. The number of methoxy groups -OCH3 is 2. The summed E-state index contributed by atoms with van der Waals surface area (Å²) in [5.74, 6) is 1.73. The number of nitrogens with zero attached hydrogens (tertiary/aromatic N) is 1. The number of hydrogen-bond acceptors (Lipinski definition) is 5. The van der Waals surface area contributed by atoms with E-state index in [2.05, 4.69) is 6.07 Å². The lowest BCUT2D eigenvalue weighted by Crippen LogP contribution is -2.28. The van der Waals surface area contributed by atoms with Gasteiger partial charge < -0.3 is 14.2 Å². The first-order chi connectivity index (χ1) is 12.6. The Kier molecular flexibility index (Phi) is 5.51. The molecular weight excluding hydrogens is 330 g/mol. The predicted molar refractivity (Wildman–Crippen MR) is 97.1 cm³/mol. The third kappa shape index (κ3) is 4.01. The molecule has 1 aromatic carbocycles. The summed E-state index contributed by atoms with van der Waals surface area (Å²) in [5, 5.41) is 9.92. The SMILES string of the molecule is COC(=O)C=C1CCC(C#N)(c2ccc(OC)c(OCC3CC3)c2)CC1. The van der Waals surface area contributed by atoms with Gasteiger partial charge in [0.05, 0.1) is 32.3 Å². The van der Waals surface area contributed by atoms with Gasteiger partial charge in [0, 0.05) is 6.08 Å². The Hall–Kier alpha value is -2.48. The highest BCUT2D eigenvalue weighted by molar-refractivity contribution is 5.82. The summed E-state index contributed by atoms with van der Waals surface area (Å²) in [7, 11) is 3.01. The zero-order valence-electron chi connectivity index (χ0n) is 15.4. The van der Waals surface area contributed by atoms with Crippen LogP contribution in [-0.2, 0) is 14.9 Å². The van der Waals surface area contributed by atoms with E-state index < -0.39 is 5.41 Å². The van der Waals surface area contributed by atoms with Gasteiger partial charge in [-0.15, -0.1) is 0 Å². The van der Waals surface area contributed by atoms with Crippen molar-refractivity contribution in [2.24, 2.45) is 5.92 Å². The molecule has 0 amide bonds. The molecule has 5 heteroatoms. The minimum Gasteiger partial charge on any atom is -0.493 e. The molecule has 0 N–H and O–H groups in total. The van der Waals surface area contributed by atoms with Crippen LogP contribution in [0.25, 0.3) is 0 Å². The Morgan fingerprint density at radius 1 is 1.27 bits per heavy atom. The summed E-state index contributed by atoms with van der Waals surface area (Å²) in [6.45, 7) is 0.700. The average Bonchev–Trinajstić information content (AvgIpc) is 3.51. The molecule has 0 unspecified atom stereocenters. The van der Waals surface area contributed by atoms with Crippen LogP contribution in [0.3, 0.4) is 0 Å². The fraction of sp³-hybridized carbons (Fsp3) is 0.524. The summed E-state index contributed by atoms with van der Waals surface area (Å²) in [6, 6.07) is 8.33. The maximum Gasteiger partial charge on any atom is 0.330 e. The van der Waals surface area contributed by atoms with Gasteiger partial charge in [-0.2, -0.15) is 5.26 Å². The fourth-order valence-corrected chi connectivity index (χ4v) is 3.41. The first-order valence-corrected chi connectivity index (χ1v) is 9.10. The van der Waals surface area contributed by atoms with E-state index in [0.717, 1.165) is 11.1 Å². The van der Waals surface area contributed by atoms with Gasteiger partial charge in [0.25, 0.3) is 0 Å². The van der Waals surface area contributed by atoms with Crippen molar-refractivity contribution < 1.29 is 19.0 Å². The van der Waals surface area contributed by atoms with Gasteiger partial charge in [-0.1, -0.05) is 11.6 Å². The highest BCUT2D eigenvalue weighted by atomic mass is 16.5. The van der Waals surface area contributed by atoms with Gasteiger partial charge in [0.2, 0.25) is 0 Å². The molecule has 26 heavy (non-hydrogen) atoms. The Balaban J connectivity index is 1.79. The van der Waals surface area contributed by atoms with Gasteiger partial charge in [-0.3, -0.25) is 0 Å². The van der Waals surface area contributed by atoms with Crippen LogP contribution in [0.15, 0.2) is 29.8 Å². The molecule has 0 atom stereocenters. The molecule has 5 nitrogen and oxygen atoms in total. The number of carbonyl (C=O) groups excluding carboxylic acids is 1. The largest absolute Gasteiger partial charge is 0.493 e. The van der Waals surface area contributed by atoms with Crippen LogP contribution in [0.5, 0.6) is 11.5 Å². The molecule has 0 spiro atoms. The monoisotopic (exact) mass is 355 g/mol. The van der Waals surface area contributed by atoms with E-state index in [1.165, 1.54) is 20.0 Å².